The first-order valence-corrected chi connectivity index (χ1v) is 4.98. The number of phenols is 1. The summed E-state index contributed by atoms with van der Waals surface area (Å²) in [6.45, 7) is 0. The molecule has 0 bridgehead atoms. The second kappa shape index (κ2) is 3.36. The number of rotatable bonds is 1. The van der Waals surface area contributed by atoms with Gasteiger partial charge in [0.15, 0.2) is 11.1 Å². The maximum atomic E-state index is 10.9. The molecule has 1 unspecified atom stereocenters. The minimum atomic E-state index is -2.06. The lowest BCUT2D eigenvalue weighted by Crippen LogP contribution is -1.91. The van der Waals surface area contributed by atoms with Gasteiger partial charge in [-0.3, -0.25) is 4.98 Å². The monoisotopic (exact) mass is 209 g/mol. The molecule has 1 heterocycles. The summed E-state index contributed by atoms with van der Waals surface area (Å²) in [6.07, 6.45) is 1.39. The Hall–Kier alpha value is -1.46. The zero-order chi connectivity index (χ0) is 10.1. The van der Waals surface area contributed by atoms with E-state index < -0.39 is 11.1 Å². The summed E-state index contributed by atoms with van der Waals surface area (Å²) in [5.41, 5.74) is 0.340. The van der Waals surface area contributed by atoms with E-state index in [0.29, 0.717) is 10.9 Å². The van der Waals surface area contributed by atoms with E-state index in [1.807, 2.05) is 0 Å². The van der Waals surface area contributed by atoms with Gasteiger partial charge in [0.05, 0.1) is 4.90 Å². The van der Waals surface area contributed by atoms with Crippen molar-refractivity contribution in [2.45, 2.75) is 4.90 Å². The molecule has 0 saturated heterocycles. The minimum Gasteiger partial charge on any atom is -0.506 e. The maximum Gasteiger partial charge on any atom is 0.187 e. The van der Waals surface area contributed by atoms with Crippen LogP contribution in [0.25, 0.3) is 10.9 Å². The first-order chi connectivity index (χ1) is 6.70. The quantitative estimate of drug-likeness (QED) is 0.698. The molecule has 1 aromatic heterocycles. The van der Waals surface area contributed by atoms with Gasteiger partial charge in [-0.2, -0.15) is 0 Å². The van der Waals surface area contributed by atoms with Gasteiger partial charge in [0.25, 0.3) is 0 Å². The molecule has 2 N–H and O–H groups in total. The first kappa shape index (κ1) is 9.11. The van der Waals surface area contributed by atoms with E-state index in [2.05, 4.69) is 4.98 Å². The van der Waals surface area contributed by atoms with E-state index in [-0.39, 0.29) is 10.6 Å². The van der Waals surface area contributed by atoms with Crippen molar-refractivity contribution >= 4 is 22.0 Å². The number of benzene rings is 1. The number of aromatic nitrogens is 1. The lowest BCUT2D eigenvalue weighted by molar-refractivity contribution is 0.480. The Kier molecular flexibility index (Phi) is 2.18. The molecule has 0 amide bonds. The lowest BCUT2D eigenvalue weighted by atomic mass is 10.2. The molecule has 4 nitrogen and oxygen atoms in total. The Balaban J connectivity index is 2.88. The third kappa shape index (κ3) is 1.36. The van der Waals surface area contributed by atoms with Gasteiger partial charge < -0.3 is 9.66 Å². The summed E-state index contributed by atoms with van der Waals surface area (Å²) in [6, 6.07) is 6.19. The Morgan fingerprint density at radius 1 is 1.29 bits per heavy atom. The lowest BCUT2D eigenvalue weighted by Gasteiger charge is -2.02. The molecular formula is C9H7NO3S. The standard InChI is InChI=1S/C9H7NO3S/c11-7-3-1-2-6-8(14(12)13)4-5-10-9(6)7/h1-5,11H,(H,12,13). The van der Waals surface area contributed by atoms with Crippen LogP contribution in [-0.2, 0) is 11.1 Å². The van der Waals surface area contributed by atoms with Gasteiger partial charge in [0, 0.05) is 11.6 Å². The van der Waals surface area contributed by atoms with E-state index in [4.69, 9.17) is 4.55 Å². The summed E-state index contributed by atoms with van der Waals surface area (Å²) >= 11 is -2.06. The second-order valence-electron chi connectivity index (χ2n) is 2.73. The molecule has 0 aliphatic heterocycles. The number of para-hydroxylation sites is 1. The van der Waals surface area contributed by atoms with Crippen LogP contribution in [0, 0.1) is 0 Å². The molecule has 0 fully saturated rings. The largest absolute Gasteiger partial charge is 0.506 e. The molecule has 0 aliphatic carbocycles. The minimum absolute atomic E-state index is 0.00907. The third-order valence-electron chi connectivity index (χ3n) is 1.90. The number of fused-ring (bicyclic) bond motifs is 1. The van der Waals surface area contributed by atoms with Gasteiger partial charge in [-0.1, -0.05) is 12.1 Å². The topological polar surface area (TPSA) is 70.4 Å². The van der Waals surface area contributed by atoms with Crippen LogP contribution in [0.4, 0.5) is 0 Å². The van der Waals surface area contributed by atoms with Crippen LogP contribution in [0.1, 0.15) is 0 Å². The van der Waals surface area contributed by atoms with Crippen molar-refractivity contribution in [1.29, 1.82) is 0 Å². The van der Waals surface area contributed by atoms with Crippen molar-refractivity contribution in [1.82, 2.24) is 4.98 Å². The Morgan fingerprint density at radius 3 is 2.79 bits per heavy atom. The summed E-state index contributed by atoms with van der Waals surface area (Å²) < 4.78 is 19.9. The molecule has 72 valence electrons. The number of pyridine rings is 1. The van der Waals surface area contributed by atoms with Crippen LogP contribution >= 0.6 is 0 Å². The highest BCUT2D eigenvalue weighted by Crippen LogP contribution is 2.25. The smallest absolute Gasteiger partial charge is 0.187 e. The van der Waals surface area contributed by atoms with Crippen LogP contribution in [0.3, 0.4) is 0 Å². The number of hydrogen-bond acceptors (Lipinski definition) is 3. The van der Waals surface area contributed by atoms with Crippen LogP contribution < -0.4 is 0 Å². The van der Waals surface area contributed by atoms with Crippen molar-refractivity contribution in [2.24, 2.45) is 0 Å². The Morgan fingerprint density at radius 2 is 2.07 bits per heavy atom. The Bertz CT molecular complexity index is 512. The van der Waals surface area contributed by atoms with E-state index >= 15 is 0 Å². The van der Waals surface area contributed by atoms with Gasteiger partial charge in [-0.05, 0) is 12.1 Å². The zero-order valence-corrected chi connectivity index (χ0v) is 7.86. The molecule has 0 aliphatic rings. The second-order valence-corrected chi connectivity index (χ2v) is 3.67. The summed E-state index contributed by atoms with van der Waals surface area (Å²) in [5.74, 6) is 0.00907. The number of phenolic OH excluding ortho intramolecular Hbond substituents is 1. The molecule has 2 aromatic rings. The highest BCUT2D eigenvalue weighted by Gasteiger charge is 2.08. The molecule has 0 saturated carbocycles. The van der Waals surface area contributed by atoms with Crippen molar-refractivity contribution in [3.8, 4) is 5.75 Å². The molecule has 2 rings (SSSR count). The number of nitrogens with zero attached hydrogens (tertiary/aromatic N) is 1. The molecule has 0 radical (unpaired) electrons. The molecule has 1 aromatic carbocycles. The fraction of sp³-hybridized carbons (Fsp3) is 0. The van der Waals surface area contributed by atoms with E-state index in [0.717, 1.165) is 0 Å². The highest BCUT2D eigenvalue weighted by molar-refractivity contribution is 7.79. The average molecular weight is 209 g/mol. The van der Waals surface area contributed by atoms with Crippen LogP contribution in [0.2, 0.25) is 0 Å². The fourth-order valence-electron chi connectivity index (χ4n) is 1.29. The Labute approximate surface area is 82.5 Å². The number of hydrogen-bond donors (Lipinski definition) is 2. The van der Waals surface area contributed by atoms with E-state index in [9.17, 15) is 9.32 Å². The third-order valence-corrected chi connectivity index (χ3v) is 2.63. The zero-order valence-electron chi connectivity index (χ0n) is 7.04. The summed E-state index contributed by atoms with van der Waals surface area (Å²) in [7, 11) is 0. The fourth-order valence-corrected chi connectivity index (χ4v) is 1.82. The molecule has 14 heavy (non-hydrogen) atoms. The van der Waals surface area contributed by atoms with Crippen molar-refractivity contribution in [3.63, 3.8) is 0 Å². The van der Waals surface area contributed by atoms with Gasteiger partial charge in [-0.25, -0.2) is 4.21 Å². The molecule has 5 heteroatoms. The summed E-state index contributed by atoms with van der Waals surface area (Å²) in [5, 5.41) is 9.93. The van der Waals surface area contributed by atoms with Crippen molar-refractivity contribution in [2.75, 3.05) is 0 Å². The highest BCUT2D eigenvalue weighted by atomic mass is 32.2. The van der Waals surface area contributed by atoms with Gasteiger partial charge in [-0.15, -0.1) is 0 Å². The first-order valence-electron chi connectivity index (χ1n) is 3.87. The SMILES string of the molecule is O=S(O)c1ccnc2c(O)cccc12. The molecule has 1 atom stereocenters. The van der Waals surface area contributed by atoms with E-state index in [1.54, 1.807) is 12.1 Å². The van der Waals surface area contributed by atoms with Crippen LogP contribution in [0.5, 0.6) is 5.75 Å². The normalized spacial score (nSPS) is 12.9. The van der Waals surface area contributed by atoms with Gasteiger partial charge in [0.2, 0.25) is 0 Å². The summed E-state index contributed by atoms with van der Waals surface area (Å²) in [4.78, 5) is 4.18. The predicted octanol–water partition coefficient (Wildman–Crippen LogP) is 1.52. The van der Waals surface area contributed by atoms with Crippen molar-refractivity contribution in [3.05, 3.63) is 30.5 Å². The predicted molar refractivity (Wildman–Crippen MR) is 52.4 cm³/mol. The average Bonchev–Trinajstić information content (AvgIpc) is 2.17. The van der Waals surface area contributed by atoms with Gasteiger partial charge in [0.1, 0.15) is 11.3 Å². The maximum absolute atomic E-state index is 10.9. The van der Waals surface area contributed by atoms with E-state index in [1.165, 1.54) is 18.3 Å². The molecule has 0 spiro atoms. The van der Waals surface area contributed by atoms with Gasteiger partial charge >= 0.3 is 0 Å². The van der Waals surface area contributed by atoms with Crippen LogP contribution in [0.15, 0.2) is 35.4 Å². The number of aromatic hydroxyl groups is 1. The van der Waals surface area contributed by atoms with Crippen molar-refractivity contribution < 1.29 is 13.9 Å². The van der Waals surface area contributed by atoms with Crippen LogP contribution in [-0.4, -0.2) is 18.9 Å². The molecular weight excluding hydrogens is 202 g/mol.